The van der Waals surface area contributed by atoms with Crippen molar-refractivity contribution in [3.05, 3.63) is 0 Å². The Bertz CT molecular complexity index is 519. The summed E-state index contributed by atoms with van der Waals surface area (Å²) in [6.07, 6.45) is 11.6. The summed E-state index contributed by atoms with van der Waals surface area (Å²) >= 11 is 0. The molecule has 1 aliphatic carbocycles. The van der Waals surface area contributed by atoms with E-state index in [1.54, 1.807) is 0 Å². The van der Waals surface area contributed by atoms with Crippen molar-refractivity contribution in [2.45, 2.75) is 118 Å². The van der Waals surface area contributed by atoms with E-state index in [9.17, 15) is 9.59 Å². The van der Waals surface area contributed by atoms with Crippen LogP contribution < -0.4 is 10.9 Å². The third-order valence-corrected chi connectivity index (χ3v) is 6.08. The molecule has 1 aliphatic rings. The molecule has 0 aromatic rings. The van der Waals surface area contributed by atoms with E-state index in [0.717, 1.165) is 25.2 Å². The second-order valence-electron chi connectivity index (χ2n) is 11.4. The topological polar surface area (TPSA) is 67.4 Å². The molecule has 0 aliphatic heterocycles. The van der Waals surface area contributed by atoms with E-state index in [1.807, 2.05) is 20.8 Å². The number of hydrazine groups is 1. The summed E-state index contributed by atoms with van der Waals surface area (Å²) in [5.41, 5.74) is 5.35. The van der Waals surface area contributed by atoms with E-state index in [4.69, 9.17) is 4.74 Å². The number of carbonyl (C=O) groups is 2. The van der Waals surface area contributed by atoms with Crippen LogP contribution in [0.25, 0.3) is 0 Å². The molecule has 1 unspecified atom stereocenters. The highest BCUT2D eigenvalue weighted by atomic mass is 16.6. The Morgan fingerprint density at radius 2 is 1.58 bits per heavy atom. The molecule has 2 N–H and O–H groups in total. The highest BCUT2D eigenvalue weighted by Crippen LogP contribution is 2.31. The molecule has 31 heavy (non-hydrogen) atoms. The van der Waals surface area contributed by atoms with Gasteiger partial charge in [-0.2, -0.15) is 0 Å². The van der Waals surface area contributed by atoms with Gasteiger partial charge in [0.05, 0.1) is 11.8 Å². The molecule has 1 rings (SSSR count). The molecule has 1 fully saturated rings. The molecule has 2 atom stereocenters. The number of unbranched alkanes of at least 4 members (excludes halogenated alkanes) is 1. The van der Waals surface area contributed by atoms with Gasteiger partial charge in [0.2, 0.25) is 5.91 Å². The lowest BCUT2D eigenvalue weighted by Crippen LogP contribution is -2.47. The average molecular weight is 439 g/mol. The minimum atomic E-state index is -0.549. The average Bonchev–Trinajstić information content (AvgIpc) is 2.65. The molecule has 1 saturated carbocycles. The maximum Gasteiger partial charge on any atom is 0.310 e. The minimum absolute atomic E-state index is 0.0857. The standard InChI is InChI=1S/C26H50N2O3/c1-19(2)17-23(24(29)28-27-18-20(3)4)22(25(30)31-26(5,6)7)16-12-11-15-21-13-9-8-10-14-21/h19-23,27H,8-18H2,1-7H3,(H,28,29)/t22?,23-/m1/s1. The number of ether oxygens (including phenoxy) is 1. The Kier molecular flexibility index (Phi) is 12.7. The minimum Gasteiger partial charge on any atom is -0.460 e. The molecule has 0 heterocycles. The number of hydrogen-bond donors (Lipinski definition) is 2. The van der Waals surface area contributed by atoms with Crippen LogP contribution in [0.4, 0.5) is 0 Å². The van der Waals surface area contributed by atoms with E-state index < -0.39 is 11.5 Å². The molecule has 5 heteroatoms. The lowest BCUT2D eigenvalue weighted by molar-refractivity contribution is -0.164. The third-order valence-electron chi connectivity index (χ3n) is 6.08. The van der Waals surface area contributed by atoms with E-state index >= 15 is 0 Å². The maximum atomic E-state index is 13.1. The molecular formula is C26H50N2O3. The van der Waals surface area contributed by atoms with Crippen LogP contribution in [0.2, 0.25) is 0 Å². The highest BCUT2D eigenvalue weighted by molar-refractivity contribution is 5.85. The van der Waals surface area contributed by atoms with Gasteiger partial charge in [0.25, 0.3) is 0 Å². The van der Waals surface area contributed by atoms with Crippen LogP contribution in [0.1, 0.15) is 113 Å². The van der Waals surface area contributed by atoms with Gasteiger partial charge < -0.3 is 4.74 Å². The fraction of sp³-hybridized carbons (Fsp3) is 0.923. The highest BCUT2D eigenvalue weighted by Gasteiger charge is 2.36. The summed E-state index contributed by atoms with van der Waals surface area (Å²) in [4.78, 5) is 26.2. The molecule has 1 amide bonds. The van der Waals surface area contributed by atoms with Crippen molar-refractivity contribution in [3.8, 4) is 0 Å². The van der Waals surface area contributed by atoms with Crippen LogP contribution in [-0.4, -0.2) is 24.0 Å². The van der Waals surface area contributed by atoms with E-state index in [1.165, 1.54) is 38.5 Å². The lowest BCUT2D eigenvalue weighted by Gasteiger charge is -2.30. The SMILES string of the molecule is CC(C)CNNC(=O)[C@H](CC(C)C)C(CCCCC1CCCCC1)C(=O)OC(C)(C)C. The first kappa shape index (κ1) is 27.9. The molecule has 0 spiro atoms. The fourth-order valence-corrected chi connectivity index (χ4v) is 4.53. The van der Waals surface area contributed by atoms with E-state index in [0.29, 0.717) is 24.8 Å². The Morgan fingerprint density at radius 3 is 2.13 bits per heavy atom. The number of carbonyl (C=O) groups excluding carboxylic acids is 2. The Morgan fingerprint density at radius 1 is 0.935 bits per heavy atom. The Hall–Kier alpha value is -1.10. The van der Waals surface area contributed by atoms with Crippen LogP contribution in [-0.2, 0) is 14.3 Å². The summed E-state index contributed by atoms with van der Waals surface area (Å²) in [5.74, 6) is 0.535. The molecule has 0 radical (unpaired) electrons. The van der Waals surface area contributed by atoms with Crippen molar-refractivity contribution in [3.63, 3.8) is 0 Å². The third kappa shape index (κ3) is 12.5. The van der Waals surface area contributed by atoms with Gasteiger partial charge in [0.15, 0.2) is 0 Å². The van der Waals surface area contributed by atoms with Gasteiger partial charge in [-0.25, -0.2) is 5.43 Å². The largest absolute Gasteiger partial charge is 0.460 e. The first-order valence-electron chi connectivity index (χ1n) is 12.7. The van der Waals surface area contributed by atoms with E-state index in [2.05, 4.69) is 38.5 Å². The summed E-state index contributed by atoms with van der Waals surface area (Å²) in [7, 11) is 0. The van der Waals surface area contributed by atoms with Crippen LogP contribution in [0.3, 0.4) is 0 Å². The first-order chi connectivity index (χ1) is 14.5. The molecular weight excluding hydrogens is 388 g/mol. The Labute approximate surface area is 191 Å². The predicted octanol–water partition coefficient (Wildman–Crippen LogP) is 6.02. The van der Waals surface area contributed by atoms with Crippen LogP contribution >= 0.6 is 0 Å². The second-order valence-corrected chi connectivity index (χ2v) is 11.4. The lowest BCUT2D eigenvalue weighted by atomic mass is 9.80. The van der Waals surface area contributed by atoms with Gasteiger partial charge in [-0.05, 0) is 51.4 Å². The number of nitrogens with one attached hydrogen (secondary N) is 2. The van der Waals surface area contributed by atoms with Crippen molar-refractivity contribution in [2.24, 2.45) is 29.6 Å². The molecule has 5 nitrogen and oxygen atoms in total. The van der Waals surface area contributed by atoms with Gasteiger partial charge in [-0.3, -0.25) is 15.0 Å². The first-order valence-corrected chi connectivity index (χ1v) is 12.7. The van der Waals surface area contributed by atoms with Crippen LogP contribution in [0.15, 0.2) is 0 Å². The van der Waals surface area contributed by atoms with Crippen molar-refractivity contribution in [1.82, 2.24) is 10.9 Å². The van der Waals surface area contributed by atoms with Gasteiger partial charge in [-0.15, -0.1) is 0 Å². The zero-order valence-corrected chi connectivity index (χ0v) is 21.4. The normalized spacial score (nSPS) is 17.6. The number of amides is 1. The molecule has 0 bridgehead atoms. The van der Waals surface area contributed by atoms with Gasteiger partial charge >= 0.3 is 5.97 Å². The van der Waals surface area contributed by atoms with Crippen molar-refractivity contribution in [1.29, 1.82) is 0 Å². The van der Waals surface area contributed by atoms with Crippen LogP contribution in [0.5, 0.6) is 0 Å². The fourth-order valence-electron chi connectivity index (χ4n) is 4.53. The smallest absolute Gasteiger partial charge is 0.310 e. The maximum absolute atomic E-state index is 13.1. The molecule has 182 valence electrons. The summed E-state index contributed by atoms with van der Waals surface area (Å²) in [6, 6.07) is 0. The van der Waals surface area contributed by atoms with Crippen molar-refractivity contribution >= 4 is 11.9 Å². The quantitative estimate of drug-likeness (QED) is 0.209. The zero-order valence-electron chi connectivity index (χ0n) is 21.4. The van der Waals surface area contributed by atoms with Crippen molar-refractivity contribution in [2.75, 3.05) is 6.54 Å². The van der Waals surface area contributed by atoms with Gasteiger partial charge in [-0.1, -0.05) is 79.1 Å². The second kappa shape index (κ2) is 14.1. The summed E-state index contributed by atoms with van der Waals surface area (Å²) in [6.45, 7) is 14.8. The van der Waals surface area contributed by atoms with Crippen molar-refractivity contribution < 1.29 is 14.3 Å². The zero-order chi connectivity index (χ0) is 23.4. The predicted molar refractivity (Wildman–Crippen MR) is 128 cm³/mol. The number of hydrogen-bond acceptors (Lipinski definition) is 4. The summed E-state index contributed by atoms with van der Waals surface area (Å²) < 4.78 is 5.76. The van der Waals surface area contributed by atoms with E-state index in [-0.39, 0.29) is 17.8 Å². The number of esters is 1. The molecule has 0 aromatic heterocycles. The van der Waals surface area contributed by atoms with Crippen LogP contribution in [0, 0.1) is 29.6 Å². The van der Waals surface area contributed by atoms with Gasteiger partial charge in [0.1, 0.15) is 5.60 Å². The number of rotatable bonds is 13. The van der Waals surface area contributed by atoms with Gasteiger partial charge in [0, 0.05) is 6.54 Å². The Balaban J connectivity index is 2.80. The monoisotopic (exact) mass is 438 g/mol. The summed E-state index contributed by atoms with van der Waals surface area (Å²) in [5, 5.41) is 0. The molecule has 0 aromatic carbocycles. The molecule has 0 saturated heterocycles.